The van der Waals surface area contributed by atoms with E-state index in [0.717, 1.165) is 52.3 Å². The zero-order chi connectivity index (χ0) is 20.0. The SMILES string of the molecule is Cc1c(N2CCc3ncc(-c4ccnnc4)cc3C2)nn2c(=O)ccnc2c1C. The molecular weight excluding hydrogens is 366 g/mol. The molecular formula is C21H19N7O. The highest BCUT2D eigenvalue weighted by molar-refractivity contribution is 5.63. The van der Waals surface area contributed by atoms with Crippen molar-refractivity contribution in [2.45, 2.75) is 26.8 Å². The van der Waals surface area contributed by atoms with Crippen LogP contribution < -0.4 is 10.5 Å². The molecule has 8 nitrogen and oxygen atoms in total. The molecule has 1 aliphatic rings. The Hall–Kier alpha value is -3.68. The molecule has 5 heterocycles. The largest absolute Gasteiger partial charge is 0.350 e. The van der Waals surface area contributed by atoms with Crippen LogP contribution in [0.4, 0.5) is 5.82 Å². The van der Waals surface area contributed by atoms with E-state index < -0.39 is 0 Å². The number of aromatic nitrogens is 6. The van der Waals surface area contributed by atoms with E-state index in [0.29, 0.717) is 12.2 Å². The molecule has 0 radical (unpaired) electrons. The molecule has 1 aliphatic heterocycles. The molecule has 0 aliphatic carbocycles. The van der Waals surface area contributed by atoms with Gasteiger partial charge in [0, 0.05) is 65.9 Å². The van der Waals surface area contributed by atoms with E-state index >= 15 is 0 Å². The van der Waals surface area contributed by atoms with E-state index in [1.165, 1.54) is 16.8 Å². The van der Waals surface area contributed by atoms with E-state index in [2.05, 4.69) is 36.2 Å². The van der Waals surface area contributed by atoms with Crippen LogP contribution in [0.15, 0.2) is 47.8 Å². The van der Waals surface area contributed by atoms with Crippen LogP contribution in [-0.4, -0.2) is 36.3 Å². The van der Waals surface area contributed by atoms with Crippen molar-refractivity contribution in [3.8, 4) is 11.1 Å². The smallest absolute Gasteiger partial charge is 0.274 e. The van der Waals surface area contributed by atoms with Gasteiger partial charge in [0.05, 0.1) is 12.4 Å². The summed E-state index contributed by atoms with van der Waals surface area (Å²) in [7, 11) is 0. The quantitative estimate of drug-likeness (QED) is 0.522. The first-order valence-corrected chi connectivity index (χ1v) is 9.47. The van der Waals surface area contributed by atoms with Gasteiger partial charge in [-0.2, -0.15) is 14.7 Å². The second kappa shape index (κ2) is 6.73. The standard InChI is InChI=1S/C21H19N7O/c1-13-14(2)21(26-28-19(29)4-6-22-20(13)28)27-8-5-18-17(12-27)9-16(10-23-18)15-3-7-24-25-11-15/h3-4,6-7,9-11H,5,8,12H2,1-2H3. The Kier molecular flexibility index (Phi) is 4.04. The minimum Gasteiger partial charge on any atom is -0.350 e. The van der Waals surface area contributed by atoms with E-state index in [1.807, 2.05) is 26.1 Å². The lowest BCUT2D eigenvalue weighted by molar-refractivity contribution is 0.684. The molecule has 0 bridgehead atoms. The van der Waals surface area contributed by atoms with Crippen molar-refractivity contribution < 1.29 is 0 Å². The molecule has 0 spiro atoms. The lowest BCUT2D eigenvalue weighted by Crippen LogP contribution is -2.33. The third kappa shape index (κ3) is 2.93. The molecule has 0 N–H and O–H groups in total. The van der Waals surface area contributed by atoms with Crippen molar-refractivity contribution in [3.05, 3.63) is 75.7 Å². The van der Waals surface area contributed by atoms with Gasteiger partial charge in [-0.25, -0.2) is 4.98 Å². The van der Waals surface area contributed by atoms with E-state index in [1.54, 1.807) is 12.4 Å². The van der Waals surface area contributed by atoms with Crippen LogP contribution in [0.1, 0.15) is 22.4 Å². The van der Waals surface area contributed by atoms with Crippen LogP contribution in [0, 0.1) is 13.8 Å². The molecule has 0 aromatic carbocycles. The Bertz CT molecular complexity index is 1280. The summed E-state index contributed by atoms with van der Waals surface area (Å²) in [6, 6.07) is 5.51. The second-order valence-electron chi connectivity index (χ2n) is 7.22. The normalized spacial score (nSPS) is 13.5. The number of rotatable bonds is 2. The van der Waals surface area contributed by atoms with Gasteiger partial charge in [0.1, 0.15) is 0 Å². The molecule has 8 heteroatoms. The van der Waals surface area contributed by atoms with Crippen LogP contribution in [0.3, 0.4) is 0 Å². The van der Waals surface area contributed by atoms with Gasteiger partial charge in [0.25, 0.3) is 5.56 Å². The van der Waals surface area contributed by atoms with Gasteiger partial charge in [0.2, 0.25) is 0 Å². The zero-order valence-corrected chi connectivity index (χ0v) is 16.2. The van der Waals surface area contributed by atoms with Crippen molar-refractivity contribution in [1.29, 1.82) is 0 Å². The third-order valence-electron chi connectivity index (χ3n) is 5.51. The average molecular weight is 385 g/mol. The molecule has 0 amide bonds. The molecule has 144 valence electrons. The van der Waals surface area contributed by atoms with E-state index in [-0.39, 0.29) is 5.56 Å². The maximum atomic E-state index is 12.3. The van der Waals surface area contributed by atoms with Gasteiger partial charge < -0.3 is 4.90 Å². The van der Waals surface area contributed by atoms with Gasteiger partial charge in [-0.1, -0.05) is 0 Å². The summed E-state index contributed by atoms with van der Waals surface area (Å²) in [5.41, 5.74) is 6.68. The van der Waals surface area contributed by atoms with E-state index in [4.69, 9.17) is 0 Å². The minimum absolute atomic E-state index is 0.175. The van der Waals surface area contributed by atoms with Crippen LogP contribution in [0.5, 0.6) is 0 Å². The highest BCUT2D eigenvalue weighted by Crippen LogP contribution is 2.29. The summed E-state index contributed by atoms with van der Waals surface area (Å²) in [4.78, 5) is 23.5. The Morgan fingerprint density at radius 1 is 0.966 bits per heavy atom. The maximum absolute atomic E-state index is 12.3. The van der Waals surface area contributed by atoms with Gasteiger partial charge in [0.15, 0.2) is 11.5 Å². The second-order valence-corrected chi connectivity index (χ2v) is 7.22. The molecule has 0 fully saturated rings. The van der Waals surface area contributed by atoms with Crippen LogP contribution in [0.25, 0.3) is 16.8 Å². The van der Waals surface area contributed by atoms with Gasteiger partial charge in [-0.3, -0.25) is 9.78 Å². The molecule has 5 rings (SSSR count). The summed E-state index contributed by atoms with van der Waals surface area (Å²) in [6.07, 6.45) is 7.66. The topological polar surface area (TPSA) is 89.2 Å². The Labute approximate surface area is 166 Å². The Balaban J connectivity index is 1.56. The number of hydrogen-bond acceptors (Lipinski definition) is 7. The van der Waals surface area contributed by atoms with Crippen LogP contribution in [0.2, 0.25) is 0 Å². The average Bonchev–Trinajstić information content (AvgIpc) is 2.76. The number of nitrogens with zero attached hydrogens (tertiary/aromatic N) is 7. The van der Waals surface area contributed by atoms with Crippen molar-refractivity contribution in [3.63, 3.8) is 0 Å². The number of hydrogen-bond donors (Lipinski definition) is 0. The predicted molar refractivity (Wildman–Crippen MR) is 109 cm³/mol. The molecule has 0 saturated heterocycles. The number of pyridine rings is 1. The zero-order valence-electron chi connectivity index (χ0n) is 16.2. The summed E-state index contributed by atoms with van der Waals surface area (Å²) in [5, 5.41) is 12.4. The first kappa shape index (κ1) is 17.4. The molecule has 0 atom stereocenters. The fourth-order valence-corrected chi connectivity index (χ4v) is 3.79. The fraction of sp³-hybridized carbons (Fsp3) is 0.238. The fourth-order valence-electron chi connectivity index (χ4n) is 3.79. The highest BCUT2D eigenvalue weighted by Gasteiger charge is 2.22. The van der Waals surface area contributed by atoms with E-state index in [9.17, 15) is 4.79 Å². The number of aryl methyl sites for hydroxylation is 1. The van der Waals surface area contributed by atoms with Gasteiger partial charge >= 0.3 is 0 Å². The van der Waals surface area contributed by atoms with Crippen molar-refractivity contribution in [2.75, 3.05) is 11.4 Å². The van der Waals surface area contributed by atoms with Crippen LogP contribution >= 0.6 is 0 Å². The number of anilines is 1. The summed E-state index contributed by atoms with van der Waals surface area (Å²) >= 11 is 0. The third-order valence-corrected chi connectivity index (χ3v) is 5.51. The number of fused-ring (bicyclic) bond motifs is 2. The van der Waals surface area contributed by atoms with Crippen LogP contribution in [-0.2, 0) is 13.0 Å². The predicted octanol–water partition coefficient (Wildman–Crippen LogP) is 2.12. The first-order valence-electron chi connectivity index (χ1n) is 9.47. The lowest BCUT2D eigenvalue weighted by atomic mass is 10.0. The summed E-state index contributed by atoms with van der Waals surface area (Å²) < 4.78 is 1.39. The lowest BCUT2D eigenvalue weighted by Gasteiger charge is -2.31. The Morgan fingerprint density at radius 3 is 2.69 bits per heavy atom. The molecule has 0 saturated carbocycles. The van der Waals surface area contributed by atoms with Gasteiger partial charge in [-0.15, -0.1) is 5.10 Å². The summed E-state index contributed by atoms with van der Waals surface area (Å²) in [6.45, 7) is 5.49. The molecule has 4 aromatic heterocycles. The van der Waals surface area contributed by atoms with Crippen molar-refractivity contribution in [1.82, 2.24) is 29.8 Å². The first-order chi connectivity index (χ1) is 14.1. The maximum Gasteiger partial charge on any atom is 0.274 e. The van der Waals surface area contributed by atoms with Crippen molar-refractivity contribution >= 4 is 11.5 Å². The molecule has 4 aromatic rings. The molecule has 29 heavy (non-hydrogen) atoms. The Morgan fingerprint density at radius 2 is 1.86 bits per heavy atom. The highest BCUT2D eigenvalue weighted by atomic mass is 16.1. The van der Waals surface area contributed by atoms with Crippen molar-refractivity contribution in [2.24, 2.45) is 0 Å². The van der Waals surface area contributed by atoms with Gasteiger partial charge in [-0.05, 0) is 31.5 Å². The monoisotopic (exact) mass is 385 g/mol. The summed E-state index contributed by atoms with van der Waals surface area (Å²) in [5.74, 6) is 0.812. The molecule has 0 unspecified atom stereocenters. The minimum atomic E-state index is -0.175.